The van der Waals surface area contributed by atoms with Gasteiger partial charge in [0.2, 0.25) is 0 Å². The number of halogens is 1. The standard InChI is InChI=1S/C20H19ClN4O3S/c1-12-9-14(24-28-12)11-29-19-15(5-4-8-22-19)18(26)23-17-10-13(6-7-16(17)21)20(27)25(2)3/h4-10H,11H2,1-3H3,(H,23,26). The van der Waals surface area contributed by atoms with Gasteiger partial charge in [-0.3, -0.25) is 9.59 Å². The summed E-state index contributed by atoms with van der Waals surface area (Å²) in [4.78, 5) is 30.8. The van der Waals surface area contributed by atoms with E-state index in [-0.39, 0.29) is 11.8 Å². The van der Waals surface area contributed by atoms with Gasteiger partial charge in [-0.1, -0.05) is 28.5 Å². The molecule has 2 aromatic heterocycles. The maximum Gasteiger partial charge on any atom is 0.258 e. The van der Waals surface area contributed by atoms with Gasteiger partial charge in [0.15, 0.2) is 0 Å². The monoisotopic (exact) mass is 430 g/mol. The summed E-state index contributed by atoms with van der Waals surface area (Å²) in [5, 5.41) is 7.62. The van der Waals surface area contributed by atoms with Crippen LogP contribution in [-0.2, 0) is 5.75 Å². The van der Waals surface area contributed by atoms with Crippen LogP contribution in [0.2, 0.25) is 5.02 Å². The van der Waals surface area contributed by atoms with E-state index in [4.69, 9.17) is 16.1 Å². The summed E-state index contributed by atoms with van der Waals surface area (Å²) in [5.41, 5.74) is 1.95. The van der Waals surface area contributed by atoms with E-state index in [0.717, 1.165) is 11.5 Å². The van der Waals surface area contributed by atoms with Gasteiger partial charge in [-0.2, -0.15) is 0 Å². The van der Waals surface area contributed by atoms with Crippen LogP contribution in [0, 0.1) is 6.92 Å². The number of aryl methyl sites for hydroxylation is 1. The molecular weight excluding hydrogens is 412 g/mol. The van der Waals surface area contributed by atoms with Gasteiger partial charge in [0, 0.05) is 37.7 Å². The third-order valence-corrected chi connectivity index (χ3v) is 5.29. The molecule has 0 saturated carbocycles. The summed E-state index contributed by atoms with van der Waals surface area (Å²) in [6.07, 6.45) is 1.62. The first-order valence-corrected chi connectivity index (χ1v) is 10.0. The molecule has 1 N–H and O–H groups in total. The van der Waals surface area contributed by atoms with Gasteiger partial charge in [0.05, 0.1) is 22.0 Å². The van der Waals surface area contributed by atoms with Gasteiger partial charge in [0.1, 0.15) is 10.8 Å². The lowest BCUT2D eigenvalue weighted by molar-refractivity contribution is 0.0827. The number of rotatable bonds is 6. The molecule has 0 saturated heterocycles. The zero-order valence-electron chi connectivity index (χ0n) is 16.1. The molecule has 3 aromatic rings. The summed E-state index contributed by atoms with van der Waals surface area (Å²) < 4.78 is 5.06. The summed E-state index contributed by atoms with van der Waals surface area (Å²) in [6.45, 7) is 1.82. The number of nitrogens with zero attached hydrogens (tertiary/aromatic N) is 3. The van der Waals surface area contributed by atoms with Crippen molar-refractivity contribution in [1.82, 2.24) is 15.0 Å². The van der Waals surface area contributed by atoms with Crippen LogP contribution in [0.5, 0.6) is 0 Å². The fourth-order valence-electron chi connectivity index (χ4n) is 2.51. The van der Waals surface area contributed by atoms with E-state index in [0.29, 0.717) is 32.6 Å². The molecule has 9 heteroatoms. The molecule has 0 radical (unpaired) electrons. The topological polar surface area (TPSA) is 88.3 Å². The average molecular weight is 431 g/mol. The Balaban J connectivity index is 1.79. The lowest BCUT2D eigenvalue weighted by Crippen LogP contribution is -2.22. The van der Waals surface area contributed by atoms with Crippen LogP contribution >= 0.6 is 23.4 Å². The highest BCUT2D eigenvalue weighted by atomic mass is 35.5. The Morgan fingerprint density at radius 2 is 2.03 bits per heavy atom. The highest BCUT2D eigenvalue weighted by Crippen LogP contribution is 2.27. The summed E-state index contributed by atoms with van der Waals surface area (Å²) in [5.74, 6) is 0.690. The number of amides is 2. The minimum Gasteiger partial charge on any atom is -0.361 e. The normalized spacial score (nSPS) is 10.6. The SMILES string of the molecule is Cc1cc(CSc2ncccc2C(=O)Nc2cc(C(=O)N(C)C)ccc2Cl)no1. The van der Waals surface area contributed by atoms with Crippen molar-refractivity contribution in [3.63, 3.8) is 0 Å². The number of anilines is 1. The summed E-state index contributed by atoms with van der Waals surface area (Å²) in [7, 11) is 3.31. The van der Waals surface area contributed by atoms with Crippen molar-refractivity contribution in [2.75, 3.05) is 19.4 Å². The van der Waals surface area contributed by atoms with Crippen molar-refractivity contribution in [2.24, 2.45) is 0 Å². The van der Waals surface area contributed by atoms with Gasteiger partial charge in [-0.25, -0.2) is 4.98 Å². The second-order valence-corrected chi connectivity index (χ2v) is 7.79. The minimum atomic E-state index is -0.367. The first-order valence-electron chi connectivity index (χ1n) is 8.67. The molecule has 0 fully saturated rings. The molecular formula is C20H19ClN4O3S. The van der Waals surface area contributed by atoms with Gasteiger partial charge >= 0.3 is 0 Å². The third-order valence-electron chi connectivity index (χ3n) is 3.92. The number of benzene rings is 1. The molecule has 2 amide bonds. The predicted octanol–water partition coefficient (Wildman–Crippen LogP) is 4.28. The van der Waals surface area contributed by atoms with Crippen molar-refractivity contribution in [1.29, 1.82) is 0 Å². The number of carbonyl (C=O) groups excluding carboxylic acids is 2. The van der Waals surface area contributed by atoms with E-state index in [1.165, 1.54) is 16.7 Å². The fraction of sp³-hybridized carbons (Fsp3) is 0.200. The molecule has 0 atom stereocenters. The average Bonchev–Trinajstić information content (AvgIpc) is 3.12. The number of nitrogens with one attached hydrogen (secondary N) is 1. The number of hydrogen-bond donors (Lipinski definition) is 1. The molecule has 29 heavy (non-hydrogen) atoms. The van der Waals surface area contributed by atoms with Crippen LogP contribution < -0.4 is 5.32 Å². The van der Waals surface area contributed by atoms with Crippen molar-refractivity contribution >= 4 is 40.9 Å². The summed E-state index contributed by atoms with van der Waals surface area (Å²) >= 11 is 7.60. The largest absolute Gasteiger partial charge is 0.361 e. The molecule has 0 spiro atoms. The van der Waals surface area contributed by atoms with Gasteiger partial charge in [-0.15, -0.1) is 0 Å². The fourth-order valence-corrected chi connectivity index (χ4v) is 3.55. The second-order valence-electron chi connectivity index (χ2n) is 6.42. The van der Waals surface area contributed by atoms with Crippen molar-refractivity contribution in [3.05, 3.63) is 70.2 Å². The Labute approximate surface area is 177 Å². The van der Waals surface area contributed by atoms with Crippen molar-refractivity contribution < 1.29 is 14.1 Å². The van der Waals surface area contributed by atoms with Gasteiger partial charge in [-0.05, 0) is 37.3 Å². The zero-order valence-corrected chi connectivity index (χ0v) is 17.7. The Bertz CT molecular complexity index is 1050. The number of thioether (sulfide) groups is 1. The Hall–Kier alpha value is -2.84. The molecule has 1 aromatic carbocycles. The Morgan fingerprint density at radius 1 is 1.24 bits per heavy atom. The van der Waals surface area contributed by atoms with E-state index in [9.17, 15) is 9.59 Å². The van der Waals surface area contributed by atoms with Crippen molar-refractivity contribution in [3.8, 4) is 0 Å². The third kappa shape index (κ3) is 5.16. The van der Waals surface area contributed by atoms with Gasteiger partial charge in [0.25, 0.3) is 11.8 Å². The highest BCUT2D eigenvalue weighted by Gasteiger charge is 2.17. The molecule has 0 bridgehead atoms. The van der Waals surface area contributed by atoms with Crippen LogP contribution in [0.1, 0.15) is 32.2 Å². The zero-order chi connectivity index (χ0) is 21.0. The van der Waals surface area contributed by atoms with E-state index in [1.807, 2.05) is 13.0 Å². The quantitative estimate of drug-likeness (QED) is 0.587. The molecule has 0 aliphatic heterocycles. The first kappa shape index (κ1) is 20.9. The Kier molecular flexibility index (Phi) is 6.56. The summed E-state index contributed by atoms with van der Waals surface area (Å²) in [6, 6.07) is 9.96. The molecule has 7 nitrogen and oxygen atoms in total. The number of carbonyl (C=O) groups is 2. The molecule has 150 valence electrons. The predicted molar refractivity (Wildman–Crippen MR) is 112 cm³/mol. The molecule has 3 rings (SSSR count). The number of hydrogen-bond acceptors (Lipinski definition) is 6. The molecule has 0 aliphatic carbocycles. The van der Waals surface area contributed by atoms with Crippen LogP contribution in [0.25, 0.3) is 0 Å². The van der Waals surface area contributed by atoms with Crippen LogP contribution in [-0.4, -0.2) is 41.0 Å². The molecule has 0 unspecified atom stereocenters. The maximum absolute atomic E-state index is 12.9. The molecule has 2 heterocycles. The second kappa shape index (κ2) is 9.11. The van der Waals surface area contributed by atoms with Crippen LogP contribution in [0.15, 0.2) is 52.1 Å². The highest BCUT2D eigenvalue weighted by molar-refractivity contribution is 7.98. The minimum absolute atomic E-state index is 0.183. The number of pyridine rings is 1. The smallest absolute Gasteiger partial charge is 0.258 e. The first-order chi connectivity index (χ1) is 13.8. The van der Waals surface area contributed by atoms with E-state index in [2.05, 4.69) is 15.5 Å². The lowest BCUT2D eigenvalue weighted by atomic mass is 10.1. The number of aromatic nitrogens is 2. The van der Waals surface area contributed by atoms with E-state index < -0.39 is 0 Å². The van der Waals surface area contributed by atoms with Crippen LogP contribution in [0.3, 0.4) is 0 Å². The Morgan fingerprint density at radius 3 is 2.72 bits per heavy atom. The lowest BCUT2D eigenvalue weighted by Gasteiger charge is -2.13. The van der Waals surface area contributed by atoms with Gasteiger partial charge < -0.3 is 14.7 Å². The van der Waals surface area contributed by atoms with Crippen molar-refractivity contribution in [2.45, 2.75) is 17.7 Å². The maximum atomic E-state index is 12.9. The molecule has 0 aliphatic rings. The van der Waals surface area contributed by atoms with E-state index in [1.54, 1.807) is 50.6 Å². The van der Waals surface area contributed by atoms with Crippen LogP contribution in [0.4, 0.5) is 5.69 Å². The van der Waals surface area contributed by atoms with E-state index >= 15 is 0 Å².